The van der Waals surface area contributed by atoms with Crippen LogP contribution in [0.5, 0.6) is 0 Å². The van der Waals surface area contributed by atoms with Crippen molar-refractivity contribution in [3.05, 3.63) is 59.4 Å². The minimum Gasteiger partial charge on any atom is -0.466 e. The summed E-state index contributed by atoms with van der Waals surface area (Å²) in [7, 11) is 0. The van der Waals surface area contributed by atoms with Gasteiger partial charge in [-0.05, 0) is 50.1 Å². The highest BCUT2D eigenvalue weighted by Crippen LogP contribution is 2.29. The number of likely N-dealkylation sites (N-methyl/N-ethyl adjacent to an activating group) is 1. The minimum atomic E-state index is -4.42. The van der Waals surface area contributed by atoms with Gasteiger partial charge in [-0.1, -0.05) is 31.9 Å². The second kappa shape index (κ2) is 15.2. The van der Waals surface area contributed by atoms with Crippen molar-refractivity contribution in [1.29, 1.82) is 0 Å². The van der Waals surface area contributed by atoms with E-state index in [0.717, 1.165) is 37.1 Å². The molecule has 210 valence electrons. The number of hydrogen-bond acceptors (Lipinski definition) is 4. The van der Waals surface area contributed by atoms with Crippen LogP contribution in [0.1, 0.15) is 69.7 Å². The van der Waals surface area contributed by atoms with E-state index in [0.29, 0.717) is 18.7 Å². The molecular weight excluding hydrogens is 499 g/mol. The molecular formula is C28H38F3N3O4. The van der Waals surface area contributed by atoms with Gasteiger partial charge in [-0.2, -0.15) is 13.2 Å². The third-order valence-electron chi connectivity index (χ3n) is 6.18. The molecule has 7 nitrogen and oxygen atoms in total. The molecule has 0 fully saturated rings. The number of unbranched alkanes of at least 4 members (excludes halogenated alkanes) is 2. The van der Waals surface area contributed by atoms with E-state index in [2.05, 4.69) is 6.92 Å². The van der Waals surface area contributed by atoms with Crippen LogP contribution in [0.25, 0.3) is 0 Å². The van der Waals surface area contributed by atoms with E-state index in [1.165, 1.54) is 11.0 Å². The van der Waals surface area contributed by atoms with Crippen LogP contribution in [0.2, 0.25) is 0 Å². The summed E-state index contributed by atoms with van der Waals surface area (Å²) in [6.07, 6.45) is -0.0133. The normalized spacial score (nSPS) is 11.3. The number of aromatic nitrogens is 1. The Labute approximate surface area is 222 Å². The van der Waals surface area contributed by atoms with Crippen LogP contribution in [-0.4, -0.2) is 58.4 Å². The predicted octanol–water partition coefficient (Wildman–Crippen LogP) is 5.27. The van der Waals surface area contributed by atoms with E-state index in [9.17, 15) is 27.6 Å². The lowest BCUT2D eigenvalue weighted by Crippen LogP contribution is -2.43. The van der Waals surface area contributed by atoms with Crippen LogP contribution < -0.4 is 0 Å². The molecule has 1 aromatic heterocycles. The Morgan fingerprint density at radius 3 is 2.37 bits per heavy atom. The molecule has 0 saturated carbocycles. The second-order valence-corrected chi connectivity index (χ2v) is 9.06. The van der Waals surface area contributed by atoms with Crippen molar-refractivity contribution in [3.63, 3.8) is 0 Å². The van der Waals surface area contributed by atoms with Gasteiger partial charge in [0.05, 0.1) is 31.7 Å². The van der Waals surface area contributed by atoms with Gasteiger partial charge in [0.2, 0.25) is 11.8 Å². The fourth-order valence-electron chi connectivity index (χ4n) is 4.07. The first-order valence-corrected chi connectivity index (χ1v) is 13.1. The minimum absolute atomic E-state index is 0.0321. The van der Waals surface area contributed by atoms with Gasteiger partial charge in [-0.25, -0.2) is 0 Å². The van der Waals surface area contributed by atoms with Crippen molar-refractivity contribution < 1.29 is 32.3 Å². The van der Waals surface area contributed by atoms with Gasteiger partial charge >= 0.3 is 12.1 Å². The SMILES string of the molecule is CCCCCN(Cc1cccn1Cc1cccc(C(F)(F)F)c1)C(=O)CN(CC)C(=O)CCC(=O)OCC. The highest BCUT2D eigenvalue weighted by molar-refractivity contribution is 5.86. The van der Waals surface area contributed by atoms with Gasteiger partial charge in [-0.3, -0.25) is 14.4 Å². The van der Waals surface area contributed by atoms with E-state index in [1.807, 2.05) is 10.6 Å². The number of rotatable bonds is 15. The Morgan fingerprint density at radius 1 is 0.947 bits per heavy atom. The number of carbonyl (C=O) groups excluding carboxylic acids is 3. The lowest BCUT2D eigenvalue weighted by atomic mass is 10.1. The van der Waals surface area contributed by atoms with Gasteiger partial charge < -0.3 is 19.1 Å². The van der Waals surface area contributed by atoms with Crippen LogP contribution >= 0.6 is 0 Å². The summed E-state index contributed by atoms with van der Waals surface area (Å²) in [6.45, 7) is 6.98. The fraction of sp³-hybridized carbons (Fsp3) is 0.536. The average molecular weight is 538 g/mol. The zero-order valence-corrected chi connectivity index (χ0v) is 22.4. The Balaban J connectivity index is 2.13. The molecule has 0 aliphatic rings. The number of amides is 2. The maximum Gasteiger partial charge on any atom is 0.416 e. The van der Waals surface area contributed by atoms with Crippen molar-refractivity contribution >= 4 is 17.8 Å². The summed E-state index contributed by atoms with van der Waals surface area (Å²) in [5.41, 5.74) is 0.585. The van der Waals surface area contributed by atoms with Crippen LogP contribution in [0, 0.1) is 0 Å². The number of benzene rings is 1. The van der Waals surface area contributed by atoms with Gasteiger partial charge in [0, 0.05) is 37.9 Å². The van der Waals surface area contributed by atoms with Crippen molar-refractivity contribution in [3.8, 4) is 0 Å². The Hall–Kier alpha value is -3.30. The molecule has 1 aromatic carbocycles. The van der Waals surface area contributed by atoms with Gasteiger partial charge in [0.15, 0.2) is 0 Å². The highest BCUT2D eigenvalue weighted by Gasteiger charge is 2.30. The average Bonchev–Trinajstić information content (AvgIpc) is 3.31. The molecule has 1 heterocycles. The zero-order valence-electron chi connectivity index (χ0n) is 22.4. The van der Waals surface area contributed by atoms with E-state index in [-0.39, 0.29) is 50.9 Å². The topological polar surface area (TPSA) is 71.9 Å². The van der Waals surface area contributed by atoms with E-state index in [4.69, 9.17) is 4.74 Å². The van der Waals surface area contributed by atoms with Gasteiger partial charge in [0.25, 0.3) is 0 Å². The smallest absolute Gasteiger partial charge is 0.416 e. The van der Waals surface area contributed by atoms with Crippen LogP contribution in [-0.2, 0) is 38.4 Å². The quantitative estimate of drug-likeness (QED) is 0.229. The Morgan fingerprint density at radius 2 is 1.71 bits per heavy atom. The summed E-state index contributed by atoms with van der Waals surface area (Å²) in [5, 5.41) is 0. The zero-order chi connectivity index (χ0) is 28.1. The molecule has 0 atom stereocenters. The molecule has 10 heteroatoms. The highest BCUT2D eigenvalue weighted by atomic mass is 19.4. The summed E-state index contributed by atoms with van der Waals surface area (Å²) in [4.78, 5) is 40.7. The van der Waals surface area contributed by atoms with E-state index in [1.54, 1.807) is 37.1 Å². The number of alkyl halides is 3. The first-order valence-electron chi connectivity index (χ1n) is 13.1. The molecule has 0 radical (unpaired) electrons. The molecule has 0 N–H and O–H groups in total. The van der Waals surface area contributed by atoms with Crippen LogP contribution in [0.15, 0.2) is 42.6 Å². The van der Waals surface area contributed by atoms with E-state index < -0.39 is 17.7 Å². The van der Waals surface area contributed by atoms with Crippen LogP contribution in [0.4, 0.5) is 13.2 Å². The number of ether oxygens (including phenoxy) is 1. The van der Waals surface area contributed by atoms with Gasteiger partial charge in [0.1, 0.15) is 0 Å². The number of nitrogens with zero attached hydrogens (tertiary/aromatic N) is 3. The Bertz CT molecular complexity index is 1050. The summed E-state index contributed by atoms with van der Waals surface area (Å²) in [5.74, 6) is -0.972. The standard InChI is InChI=1S/C28H38F3N3O4/c1-4-7-8-16-34(26(36)21-32(5-2)25(35)14-15-27(37)38-6-3)20-24-13-10-17-33(24)19-22-11-9-12-23(18-22)28(29,30)31/h9-13,17-18H,4-8,14-16,19-21H2,1-3H3. The molecule has 0 spiro atoms. The molecule has 0 bridgehead atoms. The van der Waals surface area contributed by atoms with Crippen LogP contribution in [0.3, 0.4) is 0 Å². The molecule has 2 amide bonds. The van der Waals surface area contributed by atoms with Gasteiger partial charge in [-0.15, -0.1) is 0 Å². The second-order valence-electron chi connectivity index (χ2n) is 9.06. The molecule has 0 aliphatic carbocycles. The van der Waals surface area contributed by atoms with E-state index >= 15 is 0 Å². The molecule has 0 aliphatic heterocycles. The molecule has 2 rings (SSSR count). The number of carbonyl (C=O) groups is 3. The Kier molecular flexibility index (Phi) is 12.4. The molecule has 38 heavy (non-hydrogen) atoms. The first kappa shape index (κ1) is 30.9. The largest absolute Gasteiger partial charge is 0.466 e. The lowest BCUT2D eigenvalue weighted by Gasteiger charge is -2.27. The maximum absolute atomic E-state index is 13.3. The number of esters is 1. The predicted molar refractivity (Wildman–Crippen MR) is 138 cm³/mol. The van der Waals surface area contributed by atoms with Crippen molar-refractivity contribution in [1.82, 2.24) is 14.4 Å². The monoisotopic (exact) mass is 537 g/mol. The number of hydrogen-bond donors (Lipinski definition) is 0. The van der Waals surface area contributed by atoms with Crippen molar-refractivity contribution in [2.75, 3.05) is 26.2 Å². The fourth-order valence-corrected chi connectivity index (χ4v) is 4.07. The summed E-state index contributed by atoms with van der Waals surface area (Å²) < 4.78 is 46.1. The maximum atomic E-state index is 13.3. The summed E-state index contributed by atoms with van der Waals surface area (Å²) in [6, 6.07) is 8.85. The summed E-state index contributed by atoms with van der Waals surface area (Å²) >= 11 is 0. The van der Waals surface area contributed by atoms with Crippen molar-refractivity contribution in [2.45, 2.75) is 72.1 Å². The third kappa shape index (κ3) is 9.87. The molecule has 0 unspecified atom stereocenters. The molecule has 2 aromatic rings. The first-order chi connectivity index (χ1) is 18.1. The molecule has 0 saturated heterocycles. The van der Waals surface area contributed by atoms with Crippen molar-refractivity contribution in [2.24, 2.45) is 0 Å². The number of halogens is 3. The third-order valence-corrected chi connectivity index (χ3v) is 6.18. The lowest BCUT2D eigenvalue weighted by molar-refractivity contribution is -0.146.